The summed E-state index contributed by atoms with van der Waals surface area (Å²) in [5.74, 6) is -0.433. The number of hydrogen-bond acceptors (Lipinski definition) is 3. The summed E-state index contributed by atoms with van der Waals surface area (Å²) in [5, 5.41) is 5.81. The van der Waals surface area contributed by atoms with Crippen LogP contribution in [0.5, 0.6) is 0 Å². The Kier molecular flexibility index (Phi) is 7.48. The summed E-state index contributed by atoms with van der Waals surface area (Å²) in [6.45, 7) is 1.71. The van der Waals surface area contributed by atoms with Crippen molar-refractivity contribution < 1.29 is 14.0 Å². The van der Waals surface area contributed by atoms with Gasteiger partial charge in [-0.05, 0) is 61.2 Å². The van der Waals surface area contributed by atoms with Crippen LogP contribution in [0.25, 0.3) is 0 Å². The van der Waals surface area contributed by atoms with Gasteiger partial charge < -0.3 is 10.6 Å². The molecular formula is C19H20ClFN2O2S. The largest absolute Gasteiger partial charge is 0.340 e. The zero-order valence-electron chi connectivity index (χ0n) is 14.5. The molecule has 26 heavy (non-hydrogen) atoms. The average Bonchev–Trinajstić information content (AvgIpc) is 2.61. The predicted octanol–water partition coefficient (Wildman–Crippen LogP) is 4.28. The highest BCUT2D eigenvalue weighted by Crippen LogP contribution is 2.18. The van der Waals surface area contributed by atoms with E-state index < -0.39 is 11.9 Å². The molecule has 0 bridgehead atoms. The first kappa shape index (κ1) is 20.3. The zero-order chi connectivity index (χ0) is 19.1. The first-order valence-electron chi connectivity index (χ1n) is 8.03. The van der Waals surface area contributed by atoms with Crippen molar-refractivity contribution in [1.29, 1.82) is 0 Å². The van der Waals surface area contributed by atoms with Gasteiger partial charge in [0.05, 0.1) is 10.6 Å². The minimum atomic E-state index is -0.726. The van der Waals surface area contributed by atoms with Gasteiger partial charge in [0.25, 0.3) is 5.91 Å². The Morgan fingerprint density at radius 2 is 1.96 bits per heavy atom. The smallest absolute Gasteiger partial charge is 0.253 e. The van der Waals surface area contributed by atoms with E-state index in [1.807, 2.05) is 6.26 Å². The van der Waals surface area contributed by atoms with Crippen LogP contribution in [-0.4, -0.2) is 29.9 Å². The third kappa shape index (κ3) is 5.47. The lowest BCUT2D eigenvalue weighted by molar-refractivity contribution is -0.118. The highest BCUT2D eigenvalue weighted by atomic mass is 35.5. The number of amides is 2. The van der Waals surface area contributed by atoms with Gasteiger partial charge in [0.2, 0.25) is 5.91 Å². The van der Waals surface area contributed by atoms with E-state index >= 15 is 0 Å². The van der Waals surface area contributed by atoms with Crippen LogP contribution >= 0.6 is 23.4 Å². The van der Waals surface area contributed by atoms with E-state index in [1.54, 1.807) is 43.0 Å². The third-order valence-electron chi connectivity index (χ3n) is 3.80. The fraction of sp³-hybridized carbons (Fsp3) is 0.263. The molecule has 0 aliphatic carbocycles. The molecule has 7 heteroatoms. The standard InChI is InChI=1S/C19H20ClFN2O2S/c1-12-11-13(21)7-8-16(12)22-19(25)17(9-10-26-2)23-18(24)14-5-3-4-6-15(14)20/h3-8,11,17H,9-10H2,1-2H3,(H,22,25)(H,23,24)/t17-/m0/s1. The van der Waals surface area contributed by atoms with Crippen molar-refractivity contribution in [2.75, 3.05) is 17.3 Å². The molecule has 4 nitrogen and oxygen atoms in total. The lowest BCUT2D eigenvalue weighted by Gasteiger charge is -2.19. The van der Waals surface area contributed by atoms with E-state index in [-0.39, 0.29) is 11.7 Å². The van der Waals surface area contributed by atoms with Crippen LogP contribution < -0.4 is 10.6 Å². The Labute approximate surface area is 161 Å². The van der Waals surface area contributed by atoms with Crippen LogP contribution in [0.15, 0.2) is 42.5 Å². The third-order valence-corrected chi connectivity index (χ3v) is 4.77. The number of aryl methyl sites for hydroxylation is 1. The van der Waals surface area contributed by atoms with Crippen LogP contribution in [-0.2, 0) is 4.79 Å². The summed E-state index contributed by atoms with van der Waals surface area (Å²) in [7, 11) is 0. The minimum Gasteiger partial charge on any atom is -0.340 e. The Morgan fingerprint density at radius 1 is 1.23 bits per heavy atom. The van der Waals surface area contributed by atoms with Crippen LogP contribution in [0.2, 0.25) is 5.02 Å². The number of carbonyl (C=O) groups excluding carboxylic acids is 2. The fourth-order valence-corrected chi connectivity index (χ4v) is 3.07. The molecule has 0 unspecified atom stereocenters. The van der Waals surface area contributed by atoms with Crippen molar-refractivity contribution in [2.24, 2.45) is 0 Å². The maximum absolute atomic E-state index is 13.2. The Hall–Kier alpha value is -2.05. The normalized spacial score (nSPS) is 11.7. The Balaban J connectivity index is 2.14. The van der Waals surface area contributed by atoms with Gasteiger partial charge in [0.1, 0.15) is 11.9 Å². The number of nitrogens with one attached hydrogen (secondary N) is 2. The second-order valence-corrected chi connectivity index (χ2v) is 7.13. The van der Waals surface area contributed by atoms with Crippen molar-refractivity contribution in [3.8, 4) is 0 Å². The number of anilines is 1. The number of halogens is 2. The van der Waals surface area contributed by atoms with Gasteiger partial charge in [0.15, 0.2) is 0 Å². The van der Waals surface area contributed by atoms with Crippen LogP contribution in [0.3, 0.4) is 0 Å². The van der Waals surface area contributed by atoms with Gasteiger partial charge in [0, 0.05) is 5.69 Å². The lowest BCUT2D eigenvalue weighted by atomic mass is 10.1. The van der Waals surface area contributed by atoms with Crippen LogP contribution in [0.4, 0.5) is 10.1 Å². The molecule has 2 amide bonds. The maximum atomic E-state index is 13.2. The van der Waals surface area contributed by atoms with E-state index in [0.717, 1.165) is 0 Å². The molecule has 2 rings (SSSR count). The summed E-state index contributed by atoms with van der Waals surface area (Å²) < 4.78 is 13.2. The molecule has 0 spiro atoms. The Morgan fingerprint density at radius 3 is 2.62 bits per heavy atom. The van der Waals surface area contributed by atoms with Gasteiger partial charge >= 0.3 is 0 Å². The van der Waals surface area contributed by atoms with Gasteiger partial charge in [-0.1, -0.05) is 23.7 Å². The summed E-state index contributed by atoms with van der Waals surface area (Å²) >= 11 is 7.63. The van der Waals surface area contributed by atoms with Crippen LogP contribution in [0, 0.1) is 12.7 Å². The zero-order valence-corrected chi connectivity index (χ0v) is 16.1. The molecule has 2 aromatic carbocycles. The average molecular weight is 395 g/mol. The quantitative estimate of drug-likeness (QED) is 0.737. The number of thioether (sulfide) groups is 1. The molecule has 1 atom stereocenters. The summed E-state index contributed by atoms with van der Waals surface area (Å²) in [6.07, 6.45) is 2.39. The molecule has 0 fully saturated rings. The SMILES string of the molecule is CSCC[C@H](NC(=O)c1ccccc1Cl)C(=O)Nc1ccc(F)cc1C. The van der Waals surface area contributed by atoms with Gasteiger partial charge in [-0.15, -0.1) is 0 Å². The fourth-order valence-electron chi connectivity index (χ4n) is 2.37. The topological polar surface area (TPSA) is 58.2 Å². The molecule has 0 heterocycles. The van der Waals surface area contributed by atoms with E-state index in [1.165, 1.54) is 18.2 Å². The van der Waals surface area contributed by atoms with E-state index in [9.17, 15) is 14.0 Å². The summed E-state index contributed by atoms with van der Waals surface area (Å²) in [6, 6.07) is 10.1. The molecule has 0 radical (unpaired) electrons. The second kappa shape index (κ2) is 9.59. The predicted molar refractivity (Wildman–Crippen MR) is 105 cm³/mol. The summed E-state index contributed by atoms with van der Waals surface area (Å²) in [5.41, 5.74) is 1.44. The molecule has 0 saturated carbocycles. The highest BCUT2D eigenvalue weighted by Gasteiger charge is 2.22. The van der Waals surface area contributed by atoms with E-state index in [2.05, 4.69) is 10.6 Å². The van der Waals surface area contributed by atoms with Gasteiger partial charge in [-0.2, -0.15) is 11.8 Å². The highest BCUT2D eigenvalue weighted by molar-refractivity contribution is 7.98. The molecule has 138 valence electrons. The minimum absolute atomic E-state index is 0.314. The van der Waals surface area contributed by atoms with Gasteiger partial charge in [-0.25, -0.2) is 4.39 Å². The first-order valence-corrected chi connectivity index (χ1v) is 9.81. The number of hydrogen-bond donors (Lipinski definition) is 2. The molecule has 0 saturated heterocycles. The second-order valence-electron chi connectivity index (χ2n) is 5.74. The monoisotopic (exact) mass is 394 g/mol. The van der Waals surface area contributed by atoms with Crippen molar-refractivity contribution >= 4 is 40.9 Å². The number of benzene rings is 2. The van der Waals surface area contributed by atoms with Gasteiger partial charge in [-0.3, -0.25) is 9.59 Å². The van der Waals surface area contributed by atoms with Crippen LogP contribution in [0.1, 0.15) is 22.3 Å². The molecule has 0 aliphatic rings. The van der Waals surface area contributed by atoms with Crippen molar-refractivity contribution in [1.82, 2.24) is 5.32 Å². The molecular weight excluding hydrogens is 375 g/mol. The van der Waals surface area contributed by atoms with E-state index in [0.29, 0.717) is 34.0 Å². The van der Waals surface area contributed by atoms with Crippen molar-refractivity contribution in [3.05, 3.63) is 64.4 Å². The lowest BCUT2D eigenvalue weighted by Crippen LogP contribution is -2.44. The summed E-state index contributed by atoms with van der Waals surface area (Å²) in [4.78, 5) is 25.1. The number of rotatable bonds is 7. The Bertz CT molecular complexity index is 801. The molecule has 0 aromatic heterocycles. The van der Waals surface area contributed by atoms with Crippen molar-refractivity contribution in [2.45, 2.75) is 19.4 Å². The molecule has 2 N–H and O–H groups in total. The first-order chi connectivity index (χ1) is 12.4. The number of carbonyl (C=O) groups is 2. The molecule has 0 aliphatic heterocycles. The molecule has 2 aromatic rings. The van der Waals surface area contributed by atoms with E-state index in [4.69, 9.17) is 11.6 Å². The van der Waals surface area contributed by atoms with Crippen molar-refractivity contribution in [3.63, 3.8) is 0 Å². The maximum Gasteiger partial charge on any atom is 0.253 e.